The fourth-order valence-corrected chi connectivity index (χ4v) is 4.39. The summed E-state index contributed by atoms with van der Waals surface area (Å²) < 4.78 is 34.0. The molecule has 0 saturated heterocycles. The second-order valence-electron chi connectivity index (χ2n) is 7.40. The molecule has 33 heavy (non-hydrogen) atoms. The number of pyridine rings is 1. The number of nitrogens with one attached hydrogen (secondary N) is 1. The van der Waals surface area contributed by atoms with Crippen LogP contribution in [0.15, 0.2) is 88.2 Å². The summed E-state index contributed by atoms with van der Waals surface area (Å²) in [4.78, 5) is 4.29. The summed E-state index contributed by atoms with van der Waals surface area (Å²) in [5.74, 6) is 5.32. The number of fused-ring (bicyclic) bond motifs is 1. The Labute approximate surface area is 191 Å². The van der Waals surface area contributed by atoms with Gasteiger partial charge in [-0.05, 0) is 30.7 Å². The molecule has 168 valence electrons. The van der Waals surface area contributed by atoms with E-state index in [0.29, 0.717) is 27.8 Å². The van der Waals surface area contributed by atoms with E-state index in [9.17, 15) is 13.0 Å². The Bertz CT molecular complexity index is 1450. The number of hydrogen-bond acceptors (Lipinski definition) is 7. The van der Waals surface area contributed by atoms with Gasteiger partial charge in [-0.25, -0.2) is 0 Å². The van der Waals surface area contributed by atoms with E-state index in [0.717, 1.165) is 16.8 Å². The quantitative estimate of drug-likeness (QED) is 0.161. The lowest BCUT2D eigenvalue weighted by Gasteiger charge is -2.24. The van der Waals surface area contributed by atoms with E-state index < -0.39 is 10.1 Å². The number of anilines is 2. The van der Waals surface area contributed by atoms with Crippen molar-refractivity contribution in [3.8, 4) is 11.3 Å². The molecule has 0 spiro atoms. The summed E-state index contributed by atoms with van der Waals surface area (Å²) in [7, 11) is -2.82. The van der Waals surface area contributed by atoms with Crippen molar-refractivity contribution in [2.75, 3.05) is 17.5 Å². The van der Waals surface area contributed by atoms with Crippen LogP contribution in [0.3, 0.4) is 0 Å². The molecule has 10 heteroatoms. The first-order valence-electron chi connectivity index (χ1n) is 9.96. The van der Waals surface area contributed by atoms with Crippen molar-refractivity contribution in [2.24, 2.45) is 16.2 Å². The number of nitrogens with zero attached hydrogens (tertiary/aromatic N) is 4. The third-order valence-corrected chi connectivity index (χ3v) is 6.13. The van der Waals surface area contributed by atoms with Crippen LogP contribution in [0.4, 0.5) is 17.1 Å². The molecule has 3 aromatic carbocycles. The van der Waals surface area contributed by atoms with Crippen LogP contribution >= 0.6 is 0 Å². The molecule has 0 fully saturated rings. The lowest BCUT2D eigenvalue weighted by molar-refractivity contribution is 0.484. The molecular weight excluding hydrogens is 440 g/mol. The zero-order valence-corrected chi connectivity index (χ0v) is 18.8. The number of hydrazine groups is 1. The molecule has 4 aromatic rings. The maximum Gasteiger partial charge on any atom is 0.295 e. The van der Waals surface area contributed by atoms with Gasteiger partial charge in [-0.3, -0.25) is 20.0 Å². The van der Waals surface area contributed by atoms with Crippen molar-refractivity contribution in [2.45, 2.75) is 11.8 Å². The van der Waals surface area contributed by atoms with E-state index in [2.05, 4.69) is 20.7 Å². The van der Waals surface area contributed by atoms with Gasteiger partial charge in [0.15, 0.2) is 0 Å². The van der Waals surface area contributed by atoms with Gasteiger partial charge in [0.25, 0.3) is 10.1 Å². The van der Waals surface area contributed by atoms with Crippen molar-refractivity contribution in [1.29, 1.82) is 0 Å². The minimum atomic E-state index is -4.50. The molecule has 0 amide bonds. The fourth-order valence-electron chi connectivity index (χ4n) is 3.68. The minimum Gasteiger partial charge on any atom is -0.305 e. The number of aromatic nitrogens is 1. The van der Waals surface area contributed by atoms with E-state index in [-0.39, 0.29) is 4.90 Å². The molecule has 9 nitrogen and oxygen atoms in total. The zero-order valence-electron chi connectivity index (χ0n) is 18.0. The number of hydrogen-bond donors (Lipinski definition) is 3. The van der Waals surface area contributed by atoms with Gasteiger partial charge in [0.05, 0.1) is 23.3 Å². The smallest absolute Gasteiger partial charge is 0.295 e. The van der Waals surface area contributed by atoms with E-state index in [1.165, 1.54) is 6.07 Å². The number of aryl methyl sites for hydroxylation is 1. The Morgan fingerprint density at radius 1 is 1.03 bits per heavy atom. The number of nitrogens with two attached hydrogens (primary N) is 1. The first kappa shape index (κ1) is 22.2. The molecule has 0 saturated carbocycles. The van der Waals surface area contributed by atoms with Crippen LogP contribution in [0.2, 0.25) is 0 Å². The number of benzene rings is 3. The predicted molar refractivity (Wildman–Crippen MR) is 129 cm³/mol. The molecule has 4 N–H and O–H groups in total. The van der Waals surface area contributed by atoms with Crippen molar-refractivity contribution in [3.05, 3.63) is 78.5 Å². The normalized spacial score (nSPS) is 11.7. The lowest BCUT2D eigenvalue weighted by Crippen LogP contribution is -2.25. The second kappa shape index (κ2) is 8.85. The fraction of sp³-hybridized carbons (Fsp3) is 0.0870. The molecule has 0 unspecified atom stereocenters. The minimum absolute atomic E-state index is 0.245. The predicted octanol–water partition coefficient (Wildman–Crippen LogP) is 4.88. The standard InChI is InChI=1S/C23H22N6O3S/c1-15-7-3-4-8-17(15)20-12-11-16(14-25-20)27-29(2)21-13-22(33(30,31)32)18-9-5-6-10-19(18)23(21)26-28-24/h3-14,27H,1-2H3,(H2,24,26)(H,30,31,32). The molecule has 0 aliphatic heterocycles. The highest BCUT2D eigenvalue weighted by molar-refractivity contribution is 7.86. The summed E-state index contributed by atoms with van der Waals surface area (Å²) in [6, 6.07) is 19.7. The highest BCUT2D eigenvalue weighted by Gasteiger charge is 2.21. The molecular formula is C23H22N6O3S. The summed E-state index contributed by atoms with van der Waals surface area (Å²) in [5, 5.41) is 9.76. The molecule has 0 aliphatic carbocycles. The third kappa shape index (κ3) is 4.47. The maximum absolute atomic E-state index is 12.1. The molecule has 0 bridgehead atoms. The first-order chi connectivity index (χ1) is 15.8. The van der Waals surface area contributed by atoms with E-state index in [1.54, 1.807) is 42.5 Å². The van der Waals surface area contributed by atoms with E-state index in [1.807, 2.05) is 43.3 Å². The van der Waals surface area contributed by atoms with Gasteiger partial charge in [0, 0.05) is 23.4 Å². The molecule has 4 rings (SSSR count). The summed E-state index contributed by atoms with van der Waals surface area (Å²) >= 11 is 0. The highest BCUT2D eigenvalue weighted by atomic mass is 32.2. The summed E-state index contributed by atoms with van der Waals surface area (Å²) in [5.41, 5.74) is 7.49. The molecule has 0 radical (unpaired) electrons. The van der Waals surface area contributed by atoms with Crippen LogP contribution in [0.25, 0.3) is 22.0 Å². The lowest BCUT2D eigenvalue weighted by atomic mass is 10.1. The molecule has 0 aliphatic rings. The van der Waals surface area contributed by atoms with Crippen LogP contribution in [0.5, 0.6) is 0 Å². The Balaban J connectivity index is 1.74. The largest absolute Gasteiger partial charge is 0.305 e. The Morgan fingerprint density at radius 3 is 2.36 bits per heavy atom. The first-order valence-corrected chi connectivity index (χ1v) is 11.4. The van der Waals surface area contributed by atoms with Crippen LogP contribution in [-0.4, -0.2) is 25.0 Å². The number of rotatable bonds is 6. The van der Waals surface area contributed by atoms with Gasteiger partial charge in [-0.15, -0.1) is 5.11 Å². The van der Waals surface area contributed by atoms with Gasteiger partial charge in [-0.2, -0.15) is 8.42 Å². The van der Waals surface area contributed by atoms with Crippen LogP contribution < -0.4 is 16.3 Å². The van der Waals surface area contributed by atoms with Gasteiger partial charge >= 0.3 is 0 Å². The van der Waals surface area contributed by atoms with Crippen molar-refractivity contribution >= 4 is 38.0 Å². The Morgan fingerprint density at radius 2 is 1.73 bits per heavy atom. The monoisotopic (exact) mass is 462 g/mol. The average Bonchev–Trinajstić information content (AvgIpc) is 2.79. The SMILES string of the molecule is Cc1ccccc1-c1ccc(NN(C)c2cc(S(=O)(=O)O)c3ccccc3c2N=NN)cn1. The van der Waals surface area contributed by atoms with Gasteiger partial charge in [-0.1, -0.05) is 53.8 Å². The zero-order chi connectivity index (χ0) is 23.6. The highest BCUT2D eigenvalue weighted by Crippen LogP contribution is 2.40. The van der Waals surface area contributed by atoms with Crippen molar-refractivity contribution in [3.63, 3.8) is 0 Å². The van der Waals surface area contributed by atoms with Gasteiger partial charge in [0.2, 0.25) is 0 Å². The summed E-state index contributed by atoms with van der Waals surface area (Å²) in [6.45, 7) is 2.02. The molecule has 1 aromatic heterocycles. The van der Waals surface area contributed by atoms with Crippen molar-refractivity contribution < 1.29 is 13.0 Å². The van der Waals surface area contributed by atoms with E-state index >= 15 is 0 Å². The Hall–Kier alpha value is -4.02. The van der Waals surface area contributed by atoms with Crippen LogP contribution in [0.1, 0.15) is 5.56 Å². The van der Waals surface area contributed by atoms with Gasteiger partial charge in [0.1, 0.15) is 10.6 Å². The third-order valence-electron chi connectivity index (χ3n) is 5.24. The Kier molecular flexibility index (Phi) is 5.95. The van der Waals surface area contributed by atoms with Crippen LogP contribution in [-0.2, 0) is 10.1 Å². The second-order valence-corrected chi connectivity index (χ2v) is 8.79. The van der Waals surface area contributed by atoms with Crippen LogP contribution in [0, 0.1) is 6.92 Å². The average molecular weight is 463 g/mol. The van der Waals surface area contributed by atoms with Gasteiger partial charge < -0.3 is 5.84 Å². The van der Waals surface area contributed by atoms with Crippen molar-refractivity contribution in [1.82, 2.24) is 4.98 Å². The molecule has 0 atom stereocenters. The maximum atomic E-state index is 12.1. The molecule has 1 heterocycles. The summed E-state index contributed by atoms with van der Waals surface area (Å²) in [6.07, 6.45) is 1.67. The topological polar surface area (TPSA) is 133 Å². The van der Waals surface area contributed by atoms with E-state index in [4.69, 9.17) is 5.84 Å².